The molecule has 0 aromatic carbocycles. The number of aromatic nitrogens is 1. The normalized spacial score (nSPS) is 24.6. The van der Waals surface area contributed by atoms with E-state index in [0.717, 1.165) is 24.3 Å². The Balaban J connectivity index is 2.02. The molecule has 0 bridgehead atoms. The van der Waals surface area contributed by atoms with Crippen molar-refractivity contribution in [2.24, 2.45) is 5.92 Å². The Kier molecular flexibility index (Phi) is 4.52. The third-order valence-electron chi connectivity index (χ3n) is 3.18. The van der Waals surface area contributed by atoms with Crippen LogP contribution in [0.4, 0.5) is 0 Å². The summed E-state index contributed by atoms with van der Waals surface area (Å²) in [5.74, 6) is 1.70. The first kappa shape index (κ1) is 13.0. The van der Waals surface area contributed by atoms with Gasteiger partial charge in [0.1, 0.15) is 11.1 Å². The molecule has 2 unspecified atom stereocenters. The molecular weight excluding hydrogens is 257 g/mol. The van der Waals surface area contributed by atoms with Gasteiger partial charge in [0.15, 0.2) is 0 Å². The van der Waals surface area contributed by atoms with Crippen LogP contribution in [0.2, 0.25) is 5.02 Å². The summed E-state index contributed by atoms with van der Waals surface area (Å²) in [5.41, 5.74) is 0.918. The average Bonchev–Trinajstić information content (AvgIpc) is 2.32. The van der Waals surface area contributed by atoms with Crippen LogP contribution in [0.5, 0.6) is 5.88 Å². The summed E-state index contributed by atoms with van der Waals surface area (Å²) in [7, 11) is 0. The Labute approximate surface area is 112 Å². The number of hydrogen-bond donors (Lipinski definition) is 0. The molecule has 2 rings (SSSR count). The summed E-state index contributed by atoms with van der Waals surface area (Å²) >= 11 is 11.8. The van der Waals surface area contributed by atoms with Gasteiger partial charge in [0.2, 0.25) is 5.88 Å². The number of ether oxygens (including phenoxy) is 1. The molecule has 1 aliphatic carbocycles. The lowest BCUT2D eigenvalue weighted by Gasteiger charge is -2.27. The molecule has 0 amide bonds. The van der Waals surface area contributed by atoms with E-state index in [1.54, 1.807) is 6.20 Å². The van der Waals surface area contributed by atoms with Crippen molar-refractivity contribution in [2.45, 2.75) is 44.6 Å². The molecule has 2 nitrogen and oxygen atoms in total. The first-order valence-corrected chi connectivity index (χ1v) is 6.97. The average molecular weight is 274 g/mol. The Morgan fingerprint density at radius 2 is 2.29 bits per heavy atom. The second-order valence-electron chi connectivity index (χ2n) is 4.78. The minimum atomic E-state index is 0.255. The van der Waals surface area contributed by atoms with Crippen molar-refractivity contribution >= 4 is 23.2 Å². The van der Waals surface area contributed by atoms with Gasteiger partial charge in [0, 0.05) is 12.1 Å². The number of halogens is 2. The third-order valence-corrected chi connectivity index (χ3v) is 3.76. The van der Waals surface area contributed by atoms with Crippen LogP contribution in [0, 0.1) is 5.92 Å². The Bertz CT molecular complexity index is 384. The highest BCUT2D eigenvalue weighted by Gasteiger charge is 2.21. The van der Waals surface area contributed by atoms with Gasteiger partial charge in [0.05, 0.1) is 0 Å². The summed E-state index contributed by atoms with van der Waals surface area (Å²) in [5, 5.41) is 0.557. The molecule has 17 heavy (non-hydrogen) atoms. The molecule has 0 N–H and O–H groups in total. The Hall–Kier alpha value is -0.470. The molecule has 94 valence electrons. The van der Waals surface area contributed by atoms with Crippen molar-refractivity contribution in [1.29, 1.82) is 0 Å². The van der Waals surface area contributed by atoms with E-state index in [4.69, 9.17) is 27.9 Å². The lowest BCUT2D eigenvalue weighted by Crippen LogP contribution is -2.24. The molecule has 1 heterocycles. The summed E-state index contributed by atoms with van der Waals surface area (Å²) in [6.45, 7) is 2.27. The van der Waals surface area contributed by atoms with Gasteiger partial charge in [-0.1, -0.05) is 24.9 Å². The fourth-order valence-corrected chi connectivity index (χ4v) is 2.65. The highest BCUT2D eigenvalue weighted by Crippen LogP contribution is 2.30. The zero-order valence-electron chi connectivity index (χ0n) is 9.96. The predicted molar refractivity (Wildman–Crippen MR) is 70.9 cm³/mol. The lowest BCUT2D eigenvalue weighted by molar-refractivity contribution is 0.124. The van der Waals surface area contributed by atoms with E-state index in [1.807, 2.05) is 6.07 Å². The van der Waals surface area contributed by atoms with E-state index >= 15 is 0 Å². The van der Waals surface area contributed by atoms with Crippen LogP contribution in [0.3, 0.4) is 0 Å². The SMILES string of the molecule is CC1CCCC(Oc2ncc(CCl)cc2Cl)C1. The van der Waals surface area contributed by atoms with Gasteiger partial charge in [-0.05, 0) is 36.8 Å². The van der Waals surface area contributed by atoms with Crippen LogP contribution < -0.4 is 4.74 Å². The number of pyridine rings is 1. The number of nitrogens with zero attached hydrogens (tertiary/aromatic N) is 1. The molecule has 1 aromatic heterocycles. The van der Waals surface area contributed by atoms with E-state index in [0.29, 0.717) is 16.8 Å². The maximum absolute atomic E-state index is 6.12. The van der Waals surface area contributed by atoms with Crippen LogP contribution in [0.25, 0.3) is 0 Å². The second-order valence-corrected chi connectivity index (χ2v) is 5.45. The zero-order chi connectivity index (χ0) is 12.3. The maximum atomic E-state index is 6.12. The van der Waals surface area contributed by atoms with Crippen molar-refractivity contribution in [1.82, 2.24) is 4.98 Å². The fraction of sp³-hybridized carbons (Fsp3) is 0.615. The van der Waals surface area contributed by atoms with E-state index in [-0.39, 0.29) is 6.10 Å². The molecule has 1 fully saturated rings. The van der Waals surface area contributed by atoms with Crippen molar-refractivity contribution in [3.05, 3.63) is 22.8 Å². The monoisotopic (exact) mass is 273 g/mol. The van der Waals surface area contributed by atoms with E-state index in [1.165, 1.54) is 12.8 Å². The minimum Gasteiger partial charge on any atom is -0.473 e. The molecule has 1 aliphatic rings. The van der Waals surface area contributed by atoms with Crippen LogP contribution in [0.15, 0.2) is 12.3 Å². The summed E-state index contributed by atoms with van der Waals surface area (Å²) in [6.07, 6.45) is 6.69. The summed E-state index contributed by atoms with van der Waals surface area (Å²) < 4.78 is 5.87. The molecule has 1 saturated carbocycles. The van der Waals surface area contributed by atoms with Gasteiger partial charge < -0.3 is 4.74 Å². The molecule has 0 spiro atoms. The van der Waals surface area contributed by atoms with Crippen molar-refractivity contribution in [2.75, 3.05) is 0 Å². The number of hydrogen-bond acceptors (Lipinski definition) is 2. The van der Waals surface area contributed by atoms with Gasteiger partial charge in [-0.15, -0.1) is 11.6 Å². The largest absolute Gasteiger partial charge is 0.473 e. The zero-order valence-corrected chi connectivity index (χ0v) is 11.5. The van der Waals surface area contributed by atoms with Gasteiger partial charge in [-0.3, -0.25) is 0 Å². The Morgan fingerprint density at radius 3 is 2.94 bits per heavy atom. The fourth-order valence-electron chi connectivity index (χ4n) is 2.27. The highest BCUT2D eigenvalue weighted by atomic mass is 35.5. The number of rotatable bonds is 3. The molecular formula is C13H17Cl2NO. The van der Waals surface area contributed by atoms with Crippen LogP contribution in [-0.4, -0.2) is 11.1 Å². The molecule has 0 aliphatic heterocycles. The van der Waals surface area contributed by atoms with E-state index in [9.17, 15) is 0 Å². The molecule has 0 saturated heterocycles. The molecule has 0 radical (unpaired) electrons. The van der Waals surface area contributed by atoms with Crippen molar-refractivity contribution in [3.8, 4) is 5.88 Å². The van der Waals surface area contributed by atoms with E-state index < -0.39 is 0 Å². The highest BCUT2D eigenvalue weighted by molar-refractivity contribution is 6.32. The summed E-state index contributed by atoms with van der Waals surface area (Å²) in [6, 6.07) is 1.82. The third kappa shape index (κ3) is 3.49. The second kappa shape index (κ2) is 5.92. The molecule has 1 aromatic rings. The molecule has 4 heteroatoms. The summed E-state index contributed by atoms with van der Waals surface area (Å²) in [4.78, 5) is 4.23. The van der Waals surface area contributed by atoms with E-state index in [2.05, 4.69) is 11.9 Å². The predicted octanol–water partition coefficient (Wildman–Crippen LogP) is 4.43. The smallest absolute Gasteiger partial charge is 0.232 e. The van der Waals surface area contributed by atoms with Gasteiger partial charge >= 0.3 is 0 Å². The quantitative estimate of drug-likeness (QED) is 0.760. The lowest BCUT2D eigenvalue weighted by atomic mass is 9.89. The topological polar surface area (TPSA) is 22.1 Å². The van der Waals surface area contributed by atoms with Crippen LogP contribution >= 0.6 is 23.2 Å². The van der Waals surface area contributed by atoms with Crippen LogP contribution in [0.1, 0.15) is 38.2 Å². The van der Waals surface area contributed by atoms with Crippen molar-refractivity contribution < 1.29 is 4.74 Å². The van der Waals surface area contributed by atoms with Gasteiger partial charge in [0.25, 0.3) is 0 Å². The Morgan fingerprint density at radius 1 is 1.47 bits per heavy atom. The van der Waals surface area contributed by atoms with Crippen molar-refractivity contribution in [3.63, 3.8) is 0 Å². The standard InChI is InChI=1S/C13H17Cl2NO/c1-9-3-2-4-11(5-9)17-13-12(15)6-10(7-14)8-16-13/h6,8-9,11H,2-5,7H2,1H3. The maximum Gasteiger partial charge on any atom is 0.232 e. The molecule has 2 atom stereocenters. The van der Waals surface area contributed by atoms with Crippen LogP contribution in [-0.2, 0) is 5.88 Å². The van der Waals surface area contributed by atoms with Gasteiger partial charge in [-0.2, -0.15) is 0 Å². The first-order valence-electron chi connectivity index (χ1n) is 6.06. The number of alkyl halides is 1. The first-order chi connectivity index (χ1) is 8.19. The minimum absolute atomic E-state index is 0.255. The van der Waals surface area contributed by atoms with Gasteiger partial charge in [-0.25, -0.2) is 4.98 Å².